The highest BCUT2D eigenvalue weighted by atomic mass is 32.2. The fourth-order valence-corrected chi connectivity index (χ4v) is 3.67. The second-order valence-corrected chi connectivity index (χ2v) is 7.77. The van der Waals surface area contributed by atoms with E-state index in [0.29, 0.717) is 6.54 Å². The lowest BCUT2D eigenvalue weighted by molar-refractivity contribution is 0.0598. The number of hydrogen-bond donors (Lipinski definition) is 1. The van der Waals surface area contributed by atoms with Gasteiger partial charge in [0.15, 0.2) is 5.82 Å². The molecule has 0 aliphatic carbocycles. The molecule has 3 rings (SSSR count). The molecular formula is C19H18N4O6S. The number of esters is 2. The lowest BCUT2D eigenvalue weighted by Gasteiger charge is -2.09. The van der Waals surface area contributed by atoms with Crippen LogP contribution in [0.3, 0.4) is 0 Å². The Balaban J connectivity index is 1.88. The number of rotatable bonds is 7. The molecule has 3 aromatic rings. The highest BCUT2D eigenvalue weighted by molar-refractivity contribution is 7.92. The number of nitrogens with one attached hydrogen (secondary N) is 1. The second-order valence-electron chi connectivity index (χ2n) is 6.09. The topological polar surface area (TPSA) is 129 Å². The quantitative estimate of drug-likeness (QED) is 0.561. The van der Waals surface area contributed by atoms with Crippen LogP contribution in [0.2, 0.25) is 0 Å². The normalized spacial score (nSPS) is 11.0. The molecule has 0 bridgehead atoms. The second kappa shape index (κ2) is 8.74. The maximum atomic E-state index is 12.8. The van der Waals surface area contributed by atoms with Gasteiger partial charge in [0.1, 0.15) is 0 Å². The van der Waals surface area contributed by atoms with Crippen molar-refractivity contribution in [1.82, 2.24) is 14.8 Å². The van der Waals surface area contributed by atoms with Crippen molar-refractivity contribution in [2.24, 2.45) is 0 Å². The largest absolute Gasteiger partial charge is 0.465 e. The highest BCUT2D eigenvalue weighted by Crippen LogP contribution is 2.20. The number of sulfonamides is 1. The average molecular weight is 430 g/mol. The Bertz CT molecular complexity index is 1140. The minimum Gasteiger partial charge on any atom is -0.465 e. The van der Waals surface area contributed by atoms with Gasteiger partial charge in [0, 0.05) is 24.7 Å². The Morgan fingerprint density at radius 2 is 1.60 bits per heavy atom. The maximum absolute atomic E-state index is 12.8. The van der Waals surface area contributed by atoms with Gasteiger partial charge in [-0.05, 0) is 35.9 Å². The Morgan fingerprint density at radius 3 is 2.17 bits per heavy atom. The van der Waals surface area contributed by atoms with E-state index in [1.165, 1.54) is 12.1 Å². The minimum absolute atomic E-state index is 0.0761. The van der Waals surface area contributed by atoms with Crippen molar-refractivity contribution in [3.8, 4) is 0 Å². The van der Waals surface area contributed by atoms with E-state index in [1.807, 2.05) is 12.1 Å². The van der Waals surface area contributed by atoms with Crippen LogP contribution in [0.4, 0.5) is 5.82 Å². The zero-order valence-electron chi connectivity index (χ0n) is 16.1. The third kappa shape index (κ3) is 4.81. The summed E-state index contributed by atoms with van der Waals surface area (Å²) in [6.45, 7) is 0.425. The molecule has 156 valence electrons. The lowest BCUT2D eigenvalue weighted by atomic mass is 10.1. The van der Waals surface area contributed by atoms with Crippen molar-refractivity contribution in [2.75, 3.05) is 18.9 Å². The molecule has 0 unspecified atom stereocenters. The number of pyridine rings is 1. The highest BCUT2D eigenvalue weighted by Gasteiger charge is 2.22. The summed E-state index contributed by atoms with van der Waals surface area (Å²) in [5.74, 6) is -1.51. The summed E-state index contributed by atoms with van der Waals surface area (Å²) in [5, 5.41) is 4.19. The maximum Gasteiger partial charge on any atom is 0.337 e. The number of nitrogens with zero attached hydrogens (tertiary/aromatic N) is 3. The first-order valence-electron chi connectivity index (χ1n) is 8.59. The van der Waals surface area contributed by atoms with Gasteiger partial charge in [-0.25, -0.2) is 18.0 Å². The molecule has 11 heteroatoms. The number of anilines is 1. The van der Waals surface area contributed by atoms with Gasteiger partial charge in [-0.1, -0.05) is 0 Å². The SMILES string of the molecule is COC(=O)c1cc(C(=O)OC)cc(S(=O)(=O)Nc2ccn(Cc3ccncc3)n2)c1. The van der Waals surface area contributed by atoms with E-state index in [9.17, 15) is 18.0 Å². The van der Waals surface area contributed by atoms with Crippen LogP contribution < -0.4 is 4.72 Å². The molecule has 0 amide bonds. The van der Waals surface area contributed by atoms with Gasteiger partial charge < -0.3 is 9.47 Å². The third-order valence-corrected chi connectivity index (χ3v) is 5.37. The van der Waals surface area contributed by atoms with Crippen molar-refractivity contribution in [1.29, 1.82) is 0 Å². The molecule has 2 heterocycles. The van der Waals surface area contributed by atoms with Crippen LogP contribution in [-0.2, 0) is 26.0 Å². The first-order valence-corrected chi connectivity index (χ1v) is 10.1. The summed E-state index contributed by atoms with van der Waals surface area (Å²) < 4.78 is 38.8. The van der Waals surface area contributed by atoms with Gasteiger partial charge in [-0.15, -0.1) is 0 Å². The number of methoxy groups -OCH3 is 2. The Labute approximate surface area is 172 Å². The fraction of sp³-hybridized carbons (Fsp3) is 0.158. The smallest absolute Gasteiger partial charge is 0.337 e. The molecule has 0 spiro atoms. The molecule has 0 fully saturated rings. The number of benzene rings is 1. The van der Waals surface area contributed by atoms with Crippen molar-refractivity contribution in [3.05, 3.63) is 71.7 Å². The van der Waals surface area contributed by atoms with E-state index < -0.39 is 22.0 Å². The average Bonchev–Trinajstić information content (AvgIpc) is 3.18. The van der Waals surface area contributed by atoms with Gasteiger partial charge in [-0.2, -0.15) is 5.10 Å². The van der Waals surface area contributed by atoms with Crippen LogP contribution in [-0.4, -0.2) is 49.3 Å². The first kappa shape index (κ1) is 21.0. The van der Waals surface area contributed by atoms with Crippen molar-refractivity contribution in [3.63, 3.8) is 0 Å². The van der Waals surface area contributed by atoms with Crippen LogP contribution in [0.5, 0.6) is 0 Å². The van der Waals surface area contributed by atoms with Crippen LogP contribution in [0.1, 0.15) is 26.3 Å². The van der Waals surface area contributed by atoms with Gasteiger partial charge in [0.2, 0.25) is 0 Å². The number of hydrogen-bond acceptors (Lipinski definition) is 8. The molecule has 1 N–H and O–H groups in total. The summed E-state index contributed by atoms with van der Waals surface area (Å²) in [5.41, 5.74) is 0.726. The van der Waals surface area contributed by atoms with Crippen molar-refractivity contribution >= 4 is 27.8 Å². The Hall–Kier alpha value is -3.73. The van der Waals surface area contributed by atoms with E-state index in [-0.39, 0.29) is 21.8 Å². The van der Waals surface area contributed by atoms with Crippen LogP contribution in [0.15, 0.2) is 59.9 Å². The number of carbonyl (C=O) groups excluding carboxylic acids is 2. The predicted octanol–water partition coefficient (Wildman–Crippen LogP) is 1.70. The summed E-state index contributed by atoms with van der Waals surface area (Å²) in [6, 6.07) is 8.53. The van der Waals surface area contributed by atoms with Gasteiger partial charge in [0.25, 0.3) is 10.0 Å². The van der Waals surface area contributed by atoms with Crippen molar-refractivity contribution in [2.45, 2.75) is 11.4 Å². The minimum atomic E-state index is -4.15. The van der Waals surface area contributed by atoms with E-state index >= 15 is 0 Å². The van der Waals surface area contributed by atoms with Crippen LogP contribution in [0.25, 0.3) is 0 Å². The standard InChI is InChI=1S/C19H18N4O6S/c1-28-18(24)14-9-15(19(25)29-2)11-16(10-14)30(26,27)22-17-5-8-23(21-17)12-13-3-6-20-7-4-13/h3-11H,12H2,1-2H3,(H,21,22). The monoisotopic (exact) mass is 430 g/mol. The van der Waals surface area contributed by atoms with Crippen LogP contribution in [0, 0.1) is 0 Å². The first-order chi connectivity index (χ1) is 14.3. The number of carbonyl (C=O) groups is 2. The molecule has 0 saturated heterocycles. The van der Waals surface area contributed by atoms with Gasteiger partial charge in [-0.3, -0.25) is 14.4 Å². The van der Waals surface area contributed by atoms with E-state index in [1.54, 1.807) is 23.3 Å². The number of ether oxygens (including phenoxy) is 2. The van der Waals surface area contributed by atoms with E-state index in [0.717, 1.165) is 31.9 Å². The summed E-state index contributed by atoms with van der Waals surface area (Å²) in [4.78, 5) is 27.4. The lowest BCUT2D eigenvalue weighted by Crippen LogP contribution is -2.16. The Kier molecular flexibility index (Phi) is 6.11. The fourth-order valence-electron chi connectivity index (χ4n) is 2.60. The summed E-state index contributed by atoms with van der Waals surface area (Å²) in [7, 11) is -1.86. The summed E-state index contributed by atoms with van der Waals surface area (Å²) in [6.07, 6.45) is 4.91. The molecule has 30 heavy (non-hydrogen) atoms. The van der Waals surface area contributed by atoms with Crippen LogP contribution >= 0.6 is 0 Å². The molecular weight excluding hydrogens is 412 g/mol. The summed E-state index contributed by atoms with van der Waals surface area (Å²) >= 11 is 0. The van der Waals surface area contributed by atoms with Gasteiger partial charge >= 0.3 is 11.9 Å². The Morgan fingerprint density at radius 1 is 1.00 bits per heavy atom. The van der Waals surface area contributed by atoms with Crippen molar-refractivity contribution < 1.29 is 27.5 Å². The van der Waals surface area contributed by atoms with E-state index in [4.69, 9.17) is 0 Å². The number of aromatic nitrogens is 3. The zero-order valence-corrected chi connectivity index (χ0v) is 16.9. The molecule has 2 aromatic heterocycles. The molecule has 0 saturated carbocycles. The third-order valence-electron chi connectivity index (χ3n) is 4.03. The van der Waals surface area contributed by atoms with E-state index in [2.05, 4.69) is 24.3 Å². The molecule has 0 aliphatic rings. The molecule has 10 nitrogen and oxygen atoms in total. The molecule has 0 atom stereocenters. The predicted molar refractivity (Wildman–Crippen MR) is 105 cm³/mol. The molecule has 0 radical (unpaired) electrons. The zero-order chi connectivity index (χ0) is 21.7. The van der Waals surface area contributed by atoms with Gasteiger partial charge in [0.05, 0.1) is 36.8 Å². The molecule has 0 aliphatic heterocycles. The molecule has 1 aromatic carbocycles.